The molecule has 0 fully saturated rings. The second-order valence-corrected chi connectivity index (χ2v) is 6.45. The molecule has 130 valence electrons. The summed E-state index contributed by atoms with van der Waals surface area (Å²) in [6.45, 7) is 4.51. The van der Waals surface area contributed by atoms with Crippen molar-refractivity contribution in [3.05, 3.63) is 11.6 Å². The molecular formula is C20H38O2. The zero-order chi connectivity index (χ0) is 16.5. The van der Waals surface area contributed by atoms with Crippen LogP contribution in [0.5, 0.6) is 0 Å². The number of allylic oxidation sites excluding steroid dienone is 2. The minimum Gasteiger partial charge on any atom is -0.469 e. The van der Waals surface area contributed by atoms with Gasteiger partial charge in [-0.2, -0.15) is 0 Å². The van der Waals surface area contributed by atoms with Crippen molar-refractivity contribution in [1.29, 1.82) is 0 Å². The molecule has 0 saturated carbocycles. The molecule has 0 saturated heterocycles. The standard InChI is InChI=1S/C20H38O2/c1-4-5-6-7-8-9-10-11-13-16-19(2)17-14-12-15-18-20(21)22-3/h17H,4-16,18H2,1-3H3/b19-17-. The van der Waals surface area contributed by atoms with E-state index in [4.69, 9.17) is 0 Å². The average Bonchev–Trinajstić information content (AvgIpc) is 2.52. The third-order valence-electron chi connectivity index (χ3n) is 4.23. The zero-order valence-electron chi connectivity index (χ0n) is 15.3. The normalized spacial score (nSPS) is 11.7. The summed E-state index contributed by atoms with van der Waals surface area (Å²) in [6, 6.07) is 0. The molecule has 22 heavy (non-hydrogen) atoms. The van der Waals surface area contributed by atoms with Crippen molar-refractivity contribution >= 4 is 5.97 Å². The maximum absolute atomic E-state index is 11.0. The molecule has 2 heteroatoms. The van der Waals surface area contributed by atoms with Gasteiger partial charge in [-0.1, -0.05) is 69.9 Å². The van der Waals surface area contributed by atoms with Gasteiger partial charge in [0.1, 0.15) is 0 Å². The van der Waals surface area contributed by atoms with E-state index < -0.39 is 0 Å². The quantitative estimate of drug-likeness (QED) is 0.194. The van der Waals surface area contributed by atoms with Crippen molar-refractivity contribution in [2.45, 2.75) is 104 Å². The van der Waals surface area contributed by atoms with Gasteiger partial charge in [0.15, 0.2) is 0 Å². The van der Waals surface area contributed by atoms with E-state index in [-0.39, 0.29) is 5.97 Å². The molecule has 0 atom stereocenters. The minimum absolute atomic E-state index is 0.0876. The van der Waals surface area contributed by atoms with Crippen LogP contribution < -0.4 is 0 Å². The summed E-state index contributed by atoms with van der Waals surface area (Å²) < 4.78 is 4.64. The number of hydrogen-bond acceptors (Lipinski definition) is 2. The lowest BCUT2D eigenvalue weighted by molar-refractivity contribution is -0.140. The summed E-state index contributed by atoms with van der Waals surface area (Å²) in [4.78, 5) is 11.0. The molecule has 0 unspecified atom stereocenters. The maximum atomic E-state index is 11.0. The molecule has 0 radical (unpaired) electrons. The van der Waals surface area contributed by atoms with E-state index in [0.29, 0.717) is 6.42 Å². The van der Waals surface area contributed by atoms with Gasteiger partial charge in [-0.05, 0) is 39.0 Å². The average molecular weight is 311 g/mol. The Hall–Kier alpha value is -0.790. The lowest BCUT2D eigenvalue weighted by atomic mass is 10.0. The SMILES string of the molecule is CCCCCCCCCCC/C(C)=C\CCCCC(=O)OC. The van der Waals surface area contributed by atoms with E-state index in [9.17, 15) is 4.79 Å². The van der Waals surface area contributed by atoms with Crippen LogP contribution >= 0.6 is 0 Å². The van der Waals surface area contributed by atoms with Crippen LogP contribution in [0.15, 0.2) is 11.6 Å². The Kier molecular flexibility index (Phi) is 16.0. The molecule has 0 aromatic heterocycles. The van der Waals surface area contributed by atoms with Crippen molar-refractivity contribution in [3.63, 3.8) is 0 Å². The first-order valence-corrected chi connectivity index (χ1v) is 9.43. The maximum Gasteiger partial charge on any atom is 0.305 e. The number of rotatable bonds is 15. The number of ether oxygens (including phenoxy) is 1. The fourth-order valence-corrected chi connectivity index (χ4v) is 2.68. The van der Waals surface area contributed by atoms with Crippen LogP contribution in [0.4, 0.5) is 0 Å². The molecule has 0 bridgehead atoms. The number of carbonyl (C=O) groups is 1. The van der Waals surface area contributed by atoms with Crippen molar-refractivity contribution < 1.29 is 9.53 Å². The highest BCUT2D eigenvalue weighted by Crippen LogP contribution is 2.14. The Morgan fingerprint density at radius 2 is 1.36 bits per heavy atom. The van der Waals surface area contributed by atoms with Gasteiger partial charge < -0.3 is 4.74 Å². The lowest BCUT2D eigenvalue weighted by Crippen LogP contribution is -1.98. The summed E-state index contributed by atoms with van der Waals surface area (Å²) in [7, 11) is 1.46. The van der Waals surface area contributed by atoms with Gasteiger partial charge in [-0.15, -0.1) is 0 Å². The second-order valence-electron chi connectivity index (χ2n) is 6.45. The van der Waals surface area contributed by atoms with E-state index in [1.165, 1.54) is 76.9 Å². The number of unbranched alkanes of at least 4 members (excludes halogenated alkanes) is 10. The van der Waals surface area contributed by atoms with Crippen LogP contribution in [0.2, 0.25) is 0 Å². The van der Waals surface area contributed by atoms with E-state index in [2.05, 4.69) is 24.7 Å². The zero-order valence-corrected chi connectivity index (χ0v) is 15.3. The molecular weight excluding hydrogens is 272 g/mol. The van der Waals surface area contributed by atoms with Crippen LogP contribution in [0.3, 0.4) is 0 Å². The number of esters is 1. The molecule has 0 amide bonds. The van der Waals surface area contributed by atoms with Crippen molar-refractivity contribution in [3.8, 4) is 0 Å². The molecule has 2 nitrogen and oxygen atoms in total. The highest BCUT2D eigenvalue weighted by Gasteiger charge is 1.98. The van der Waals surface area contributed by atoms with Crippen LogP contribution in [-0.2, 0) is 9.53 Å². The fourth-order valence-electron chi connectivity index (χ4n) is 2.68. The van der Waals surface area contributed by atoms with E-state index in [0.717, 1.165) is 19.3 Å². The molecule has 0 aromatic rings. The van der Waals surface area contributed by atoms with Crippen LogP contribution in [0, 0.1) is 0 Å². The highest BCUT2D eigenvalue weighted by atomic mass is 16.5. The first kappa shape index (κ1) is 21.2. The molecule has 0 heterocycles. The van der Waals surface area contributed by atoms with Crippen molar-refractivity contribution in [1.82, 2.24) is 0 Å². The third-order valence-corrected chi connectivity index (χ3v) is 4.23. The van der Waals surface area contributed by atoms with E-state index >= 15 is 0 Å². The molecule has 0 rings (SSSR count). The number of hydrogen-bond donors (Lipinski definition) is 0. The molecule has 0 aliphatic rings. The Bertz CT molecular complexity index is 281. The van der Waals surface area contributed by atoms with Gasteiger partial charge in [-0.3, -0.25) is 4.79 Å². The topological polar surface area (TPSA) is 26.3 Å². The van der Waals surface area contributed by atoms with Gasteiger partial charge in [0, 0.05) is 6.42 Å². The largest absolute Gasteiger partial charge is 0.469 e. The van der Waals surface area contributed by atoms with Crippen LogP contribution in [0.25, 0.3) is 0 Å². The molecule has 0 aliphatic heterocycles. The van der Waals surface area contributed by atoms with Gasteiger partial charge in [0.25, 0.3) is 0 Å². The third kappa shape index (κ3) is 15.6. The second kappa shape index (κ2) is 16.6. The van der Waals surface area contributed by atoms with Gasteiger partial charge in [-0.25, -0.2) is 0 Å². The minimum atomic E-state index is -0.0876. The Labute approximate surface area is 138 Å². The van der Waals surface area contributed by atoms with Gasteiger partial charge >= 0.3 is 5.97 Å². The lowest BCUT2D eigenvalue weighted by Gasteiger charge is -2.03. The smallest absolute Gasteiger partial charge is 0.305 e. The molecule has 0 aromatic carbocycles. The Morgan fingerprint density at radius 3 is 1.95 bits per heavy atom. The summed E-state index contributed by atoms with van der Waals surface area (Å²) in [6.07, 6.45) is 19.8. The summed E-state index contributed by atoms with van der Waals surface area (Å²) in [5, 5.41) is 0. The Balaban J connectivity index is 3.32. The van der Waals surface area contributed by atoms with Gasteiger partial charge in [0.05, 0.1) is 7.11 Å². The summed E-state index contributed by atoms with van der Waals surface area (Å²) in [5.74, 6) is -0.0876. The highest BCUT2D eigenvalue weighted by molar-refractivity contribution is 5.68. The molecule has 0 N–H and O–H groups in total. The van der Waals surface area contributed by atoms with E-state index in [1.807, 2.05) is 0 Å². The number of carbonyl (C=O) groups excluding carboxylic acids is 1. The molecule has 0 spiro atoms. The molecule has 0 aliphatic carbocycles. The van der Waals surface area contributed by atoms with Gasteiger partial charge in [0.2, 0.25) is 0 Å². The summed E-state index contributed by atoms with van der Waals surface area (Å²) >= 11 is 0. The van der Waals surface area contributed by atoms with Crippen LogP contribution in [0.1, 0.15) is 104 Å². The van der Waals surface area contributed by atoms with Crippen LogP contribution in [-0.4, -0.2) is 13.1 Å². The predicted octanol–water partition coefficient (Wildman–Crippen LogP) is 6.59. The first-order chi connectivity index (χ1) is 10.7. The van der Waals surface area contributed by atoms with Crippen molar-refractivity contribution in [2.75, 3.05) is 7.11 Å². The van der Waals surface area contributed by atoms with Crippen molar-refractivity contribution in [2.24, 2.45) is 0 Å². The predicted molar refractivity (Wildman–Crippen MR) is 96.1 cm³/mol. The number of methoxy groups -OCH3 is 1. The fraction of sp³-hybridized carbons (Fsp3) is 0.850. The monoisotopic (exact) mass is 310 g/mol. The van der Waals surface area contributed by atoms with E-state index in [1.54, 1.807) is 0 Å². The summed E-state index contributed by atoms with van der Waals surface area (Å²) in [5.41, 5.74) is 1.51. The first-order valence-electron chi connectivity index (χ1n) is 9.43. The Morgan fingerprint density at radius 1 is 0.818 bits per heavy atom.